The van der Waals surface area contributed by atoms with Crippen molar-refractivity contribution in [2.45, 2.75) is 49.5 Å². The third-order valence-electron chi connectivity index (χ3n) is 6.94. The Bertz CT molecular complexity index is 1510. The zero-order chi connectivity index (χ0) is 32.1. The first-order valence-electron chi connectivity index (χ1n) is 12.8. The van der Waals surface area contributed by atoms with Crippen LogP contribution in [0, 0.1) is 0 Å². The summed E-state index contributed by atoms with van der Waals surface area (Å²) < 4.78 is 78.4. The number of thioether (sulfide) groups is 1. The molecule has 0 amide bonds. The highest BCUT2D eigenvalue weighted by Crippen LogP contribution is 2.51. The monoisotopic (exact) mass is 694 g/mol. The van der Waals surface area contributed by atoms with Crippen molar-refractivity contribution >= 4 is 58.2 Å². The topological polar surface area (TPSA) is 0 Å². The summed E-state index contributed by atoms with van der Waals surface area (Å²) in [7, 11) is 0. The van der Waals surface area contributed by atoms with Gasteiger partial charge in [0.2, 0.25) is 0 Å². The van der Waals surface area contributed by atoms with Crippen LogP contribution in [0.1, 0.15) is 49.9 Å². The standard InChI is InChI=1S/C32H24Cl4F6S/c1-29(2,19-9-5-7-17(11-19)27-23(33)13-21(14-24(27)34)31(37,38)39)43-30(3,4)20-10-6-8-18(12-20)28-25(35)15-22(16-26(28)36)32(40,41)42/h5-16H,1-4H3. The van der Waals surface area contributed by atoms with Gasteiger partial charge < -0.3 is 0 Å². The number of hydrogen-bond acceptors (Lipinski definition) is 1. The van der Waals surface area contributed by atoms with E-state index in [4.69, 9.17) is 46.4 Å². The highest BCUT2D eigenvalue weighted by atomic mass is 35.5. The maximum Gasteiger partial charge on any atom is 0.416 e. The first-order valence-corrected chi connectivity index (χ1v) is 15.1. The molecule has 228 valence electrons. The molecule has 0 N–H and O–H groups in total. The normalized spacial score (nSPS) is 13.0. The van der Waals surface area contributed by atoms with Gasteiger partial charge in [-0.3, -0.25) is 0 Å². The zero-order valence-corrected chi connectivity index (χ0v) is 27.0. The number of alkyl halides is 6. The molecule has 0 aliphatic carbocycles. The lowest BCUT2D eigenvalue weighted by Gasteiger charge is -2.36. The van der Waals surface area contributed by atoms with Gasteiger partial charge >= 0.3 is 12.4 Å². The number of benzene rings is 4. The first-order chi connectivity index (χ1) is 19.7. The summed E-state index contributed by atoms with van der Waals surface area (Å²) in [5.41, 5.74) is 1.64. The van der Waals surface area contributed by atoms with Crippen molar-refractivity contribution in [2.75, 3.05) is 0 Å². The molecule has 0 saturated carbocycles. The number of hydrogen-bond donors (Lipinski definition) is 0. The van der Waals surface area contributed by atoms with Crippen molar-refractivity contribution < 1.29 is 26.3 Å². The summed E-state index contributed by atoms with van der Waals surface area (Å²) in [6.45, 7) is 8.06. The van der Waals surface area contributed by atoms with Gasteiger partial charge in [0.15, 0.2) is 0 Å². The maximum absolute atomic E-state index is 13.2. The summed E-state index contributed by atoms with van der Waals surface area (Å²) >= 11 is 26.7. The Balaban J connectivity index is 1.67. The fourth-order valence-electron chi connectivity index (χ4n) is 4.88. The lowest BCUT2D eigenvalue weighted by Crippen LogP contribution is -2.23. The van der Waals surface area contributed by atoms with Crippen molar-refractivity contribution in [1.29, 1.82) is 0 Å². The van der Waals surface area contributed by atoms with Crippen LogP contribution in [0.15, 0.2) is 72.8 Å². The molecule has 11 heteroatoms. The van der Waals surface area contributed by atoms with E-state index in [1.165, 1.54) is 0 Å². The van der Waals surface area contributed by atoms with Crippen LogP contribution in [0.2, 0.25) is 20.1 Å². The summed E-state index contributed by atoms with van der Waals surface area (Å²) in [6.07, 6.45) is -9.17. The minimum absolute atomic E-state index is 0.111. The molecule has 0 nitrogen and oxygen atoms in total. The third-order valence-corrected chi connectivity index (χ3v) is 9.63. The van der Waals surface area contributed by atoms with Crippen LogP contribution in [0.3, 0.4) is 0 Å². The molecule has 0 saturated heterocycles. The molecular weight excluding hydrogens is 672 g/mol. The highest BCUT2D eigenvalue weighted by molar-refractivity contribution is 8.01. The largest absolute Gasteiger partial charge is 0.416 e. The molecule has 4 rings (SSSR count). The molecule has 0 radical (unpaired) electrons. The van der Waals surface area contributed by atoms with E-state index >= 15 is 0 Å². The maximum atomic E-state index is 13.2. The summed E-state index contributed by atoms with van der Waals surface area (Å²) in [6, 6.07) is 18.0. The Kier molecular flexibility index (Phi) is 9.49. The van der Waals surface area contributed by atoms with Crippen LogP contribution in [-0.4, -0.2) is 0 Å². The van der Waals surface area contributed by atoms with Crippen LogP contribution < -0.4 is 0 Å². The van der Waals surface area contributed by atoms with Gasteiger partial charge in [0, 0.05) is 20.6 Å². The third kappa shape index (κ3) is 7.45. The van der Waals surface area contributed by atoms with Gasteiger partial charge in [-0.2, -0.15) is 26.3 Å². The van der Waals surface area contributed by atoms with Gasteiger partial charge in [-0.1, -0.05) is 82.8 Å². The van der Waals surface area contributed by atoms with Gasteiger partial charge in [0.05, 0.1) is 31.2 Å². The average molecular weight is 696 g/mol. The quantitative estimate of drug-likeness (QED) is 0.181. The Morgan fingerprint density at radius 3 is 1.05 bits per heavy atom. The second kappa shape index (κ2) is 12.1. The SMILES string of the molecule is CC(C)(SC(C)(C)c1cccc(-c2c(Cl)cc(C(F)(F)F)cc2Cl)c1)c1cccc(-c2c(Cl)cc(C(F)(F)F)cc2Cl)c1. The number of rotatable bonds is 6. The van der Waals surface area contributed by atoms with E-state index in [2.05, 4.69) is 0 Å². The molecule has 4 aromatic rings. The van der Waals surface area contributed by atoms with Crippen LogP contribution in [0.4, 0.5) is 26.3 Å². The molecule has 0 aromatic heterocycles. The molecular formula is C32H24Cl4F6S. The first kappa shape index (κ1) is 33.9. The molecule has 0 spiro atoms. The van der Waals surface area contributed by atoms with E-state index in [-0.39, 0.29) is 20.1 Å². The molecule has 0 heterocycles. The predicted molar refractivity (Wildman–Crippen MR) is 167 cm³/mol. The molecule has 4 aromatic carbocycles. The van der Waals surface area contributed by atoms with E-state index < -0.39 is 33.0 Å². The van der Waals surface area contributed by atoms with Crippen molar-refractivity contribution in [3.05, 3.63) is 115 Å². The van der Waals surface area contributed by atoms with Gasteiger partial charge in [-0.15, -0.1) is 11.8 Å². The fourth-order valence-corrected chi connectivity index (χ4v) is 8.06. The Labute approximate surface area is 270 Å². The van der Waals surface area contributed by atoms with E-state index in [9.17, 15) is 26.3 Å². The molecule has 0 aliphatic rings. The number of halogens is 10. The lowest BCUT2D eigenvalue weighted by atomic mass is 9.95. The van der Waals surface area contributed by atoms with Crippen molar-refractivity contribution in [3.63, 3.8) is 0 Å². The average Bonchev–Trinajstić information content (AvgIpc) is 2.86. The fraction of sp³-hybridized carbons (Fsp3) is 0.250. The second-order valence-corrected chi connectivity index (χ2v) is 14.8. The summed E-state index contributed by atoms with van der Waals surface area (Å²) in [5, 5.41) is -0.444. The van der Waals surface area contributed by atoms with Crippen molar-refractivity contribution in [1.82, 2.24) is 0 Å². The molecule has 0 unspecified atom stereocenters. The van der Waals surface area contributed by atoms with Crippen molar-refractivity contribution in [3.8, 4) is 22.3 Å². The van der Waals surface area contributed by atoms with E-state index in [1.54, 1.807) is 36.0 Å². The predicted octanol–water partition coefficient (Wildman–Crippen LogP) is 13.6. The zero-order valence-electron chi connectivity index (χ0n) is 23.1. The molecule has 0 fully saturated rings. The second-order valence-electron chi connectivity index (χ2n) is 10.9. The van der Waals surface area contributed by atoms with Crippen LogP contribution >= 0.6 is 58.2 Å². The minimum atomic E-state index is -4.58. The minimum Gasteiger partial charge on any atom is -0.166 e. The van der Waals surface area contributed by atoms with Crippen LogP contribution in [0.25, 0.3) is 22.3 Å². The van der Waals surface area contributed by atoms with Gasteiger partial charge in [-0.25, -0.2) is 0 Å². The Hall–Kier alpha value is -2.03. The van der Waals surface area contributed by atoms with Gasteiger partial charge in [0.1, 0.15) is 0 Å². The van der Waals surface area contributed by atoms with E-state index in [0.29, 0.717) is 22.3 Å². The molecule has 0 bridgehead atoms. The summed E-state index contributed by atoms with van der Waals surface area (Å²) in [4.78, 5) is 0. The van der Waals surface area contributed by atoms with E-state index in [1.807, 2.05) is 52.0 Å². The Morgan fingerprint density at radius 1 is 0.465 bits per heavy atom. The van der Waals surface area contributed by atoms with Gasteiger partial charge in [-0.05, 0) is 86.3 Å². The lowest BCUT2D eigenvalue weighted by molar-refractivity contribution is -0.138. The highest BCUT2D eigenvalue weighted by Gasteiger charge is 2.35. The van der Waals surface area contributed by atoms with Crippen LogP contribution in [-0.2, 0) is 21.8 Å². The smallest absolute Gasteiger partial charge is 0.166 e. The van der Waals surface area contributed by atoms with Gasteiger partial charge in [0.25, 0.3) is 0 Å². The summed E-state index contributed by atoms with van der Waals surface area (Å²) in [5.74, 6) is 0. The molecule has 43 heavy (non-hydrogen) atoms. The van der Waals surface area contributed by atoms with Crippen LogP contribution in [0.5, 0.6) is 0 Å². The van der Waals surface area contributed by atoms with E-state index in [0.717, 1.165) is 35.4 Å². The molecule has 0 aliphatic heterocycles. The Morgan fingerprint density at radius 2 is 0.767 bits per heavy atom. The van der Waals surface area contributed by atoms with Crippen molar-refractivity contribution in [2.24, 2.45) is 0 Å². The molecule has 0 atom stereocenters.